The van der Waals surface area contributed by atoms with Crippen LogP contribution in [0.15, 0.2) is 72.8 Å². The third-order valence-electron chi connectivity index (χ3n) is 8.42. The molecule has 2 aliphatic heterocycles. The van der Waals surface area contributed by atoms with Gasteiger partial charge in [-0.1, -0.05) is 42.5 Å². The third-order valence-corrected chi connectivity index (χ3v) is 8.42. The molecule has 11 heteroatoms. The van der Waals surface area contributed by atoms with Crippen molar-refractivity contribution in [3.05, 3.63) is 84.2 Å². The van der Waals surface area contributed by atoms with E-state index in [0.29, 0.717) is 65.8 Å². The van der Waals surface area contributed by atoms with E-state index in [-0.39, 0.29) is 5.91 Å². The van der Waals surface area contributed by atoms with Gasteiger partial charge in [0.15, 0.2) is 5.82 Å². The summed E-state index contributed by atoms with van der Waals surface area (Å²) in [6.45, 7) is 6.23. The lowest BCUT2D eigenvalue weighted by molar-refractivity contribution is -0.138. The summed E-state index contributed by atoms with van der Waals surface area (Å²) < 4.78 is 21.1. The number of rotatable bonds is 7. The topological polar surface area (TPSA) is 124 Å². The number of anilines is 2. The maximum atomic E-state index is 15.7. The van der Waals surface area contributed by atoms with Crippen LogP contribution in [-0.4, -0.2) is 58.4 Å². The summed E-state index contributed by atoms with van der Waals surface area (Å²) in [4.78, 5) is 58.6. The Morgan fingerprint density at radius 2 is 1.72 bits per heavy atom. The number of hydrogen-bond donors (Lipinski definition) is 3. The molecule has 0 bridgehead atoms. The van der Waals surface area contributed by atoms with Gasteiger partial charge in [-0.25, -0.2) is 9.18 Å². The summed E-state index contributed by atoms with van der Waals surface area (Å²) in [5.74, 6) is -1.19. The maximum Gasteiger partial charge on any atom is 0.408 e. The Hall–Kier alpha value is -5.19. The molecule has 1 aromatic heterocycles. The van der Waals surface area contributed by atoms with Crippen LogP contribution in [0, 0.1) is 5.82 Å². The average molecular weight is 640 g/mol. The number of likely N-dealkylation sites (tertiary alicyclic amines) is 1. The van der Waals surface area contributed by atoms with E-state index < -0.39 is 41.4 Å². The lowest BCUT2D eigenvalue weighted by Gasteiger charge is -2.29. The van der Waals surface area contributed by atoms with Crippen molar-refractivity contribution >= 4 is 46.1 Å². The second-order valence-corrected chi connectivity index (χ2v) is 12.9. The number of halogens is 1. The second kappa shape index (κ2) is 12.9. The smallest absolute Gasteiger partial charge is 0.408 e. The highest BCUT2D eigenvalue weighted by atomic mass is 19.1. The summed E-state index contributed by atoms with van der Waals surface area (Å²) in [5.41, 5.74) is 2.48. The molecule has 4 aromatic rings. The van der Waals surface area contributed by atoms with Crippen LogP contribution in [0.25, 0.3) is 22.2 Å². The van der Waals surface area contributed by atoms with Crippen LogP contribution in [0.4, 0.5) is 20.6 Å². The molecule has 0 unspecified atom stereocenters. The highest BCUT2D eigenvalue weighted by Crippen LogP contribution is 2.33. The minimum absolute atomic E-state index is 0.0858. The minimum atomic E-state index is -1.05. The molecule has 2 fully saturated rings. The van der Waals surface area contributed by atoms with E-state index >= 15 is 4.39 Å². The Morgan fingerprint density at radius 1 is 0.979 bits per heavy atom. The van der Waals surface area contributed by atoms with Gasteiger partial charge < -0.3 is 30.2 Å². The first-order valence-electron chi connectivity index (χ1n) is 15.9. The SMILES string of the molecule is CC(C)(C)OC(=O)N[C@H](C(=O)N1CCC[C@H]1C(=O)Nc1ccc2[nH]c(-c3ccc(N4CCCC4=O)cc3)c(F)c2c1)c1ccccc1. The predicted octanol–water partition coefficient (Wildman–Crippen LogP) is 6.30. The molecule has 2 saturated heterocycles. The standard InChI is InChI=1S/C36H38FN5O5/c1-36(2,3)47-35(46)40-32(22-9-5-4-6-10-22)34(45)42-20-7-11-28(42)33(44)38-24-15-18-27-26(21-24)30(37)31(39-27)23-13-16-25(17-14-23)41-19-8-12-29(41)43/h4-6,9-10,13-18,21,28,32,39H,7-8,11-12,19-20H2,1-3H3,(H,38,44)(H,40,46)/t28-,32-/m0/s1. The van der Waals surface area contributed by atoms with Crippen molar-refractivity contribution in [3.63, 3.8) is 0 Å². The number of hydrogen-bond acceptors (Lipinski definition) is 5. The Labute approximate surface area is 272 Å². The number of carbonyl (C=O) groups is 4. The van der Waals surface area contributed by atoms with Gasteiger partial charge >= 0.3 is 6.09 Å². The molecule has 0 spiro atoms. The Morgan fingerprint density at radius 3 is 2.40 bits per heavy atom. The van der Waals surface area contributed by atoms with Gasteiger partial charge in [0.05, 0.1) is 5.69 Å². The van der Waals surface area contributed by atoms with Crippen molar-refractivity contribution < 1.29 is 28.3 Å². The van der Waals surface area contributed by atoms with E-state index in [9.17, 15) is 19.2 Å². The van der Waals surface area contributed by atoms with Gasteiger partial charge in [-0.3, -0.25) is 14.4 Å². The summed E-state index contributed by atoms with van der Waals surface area (Å²) in [6, 6.07) is 19.1. The van der Waals surface area contributed by atoms with Crippen LogP contribution >= 0.6 is 0 Å². The number of fused-ring (bicyclic) bond motifs is 1. The minimum Gasteiger partial charge on any atom is -0.444 e. The van der Waals surface area contributed by atoms with Gasteiger partial charge in [0.25, 0.3) is 5.91 Å². The second-order valence-electron chi connectivity index (χ2n) is 12.9. The monoisotopic (exact) mass is 639 g/mol. The van der Waals surface area contributed by atoms with Crippen LogP contribution in [0.2, 0.25) is 0 Å². The lowest BCUT2D eigenvalue weighted by Crippen LogP contribution is -2.49. The summed E-state index contributed by atoms with van der Waals surface area (Å²) >= 11 is 0. The van der Waals surface area contributed by atoms with Crippen molar-refractivity contribution in [2.75, 3.05) is 23.3 Å². The number of aromatic nitrogens is 1. The van der Waals surface area contributed by atoms with E-state index in [1.165, 1.54) is 4.90 Å². The fourth-order valence-corrected chi connectivity index (χ4v) is 6.22. The average Bonchev–Trinajstić information content (AvgIpc) is 3.78. The lowest BCUT2D eigenvalue weighted by atomic mass is 10.0. The Kier molecular flexibility index (Phi) is 8.72. The molecule has 2 atom stereocenters. The van der Waals surface area contributed by atoms with Crippen LogP contribution < -0.4 is 15.5 Å². The quantitative estimate of drug-likeness (QED) is 0.219. The first-order chi connectivity index (χ1) is 22.5. The molecule has 3 heterocycles. The molecule has 0 aliphatic carbocycles. The highest BCUT2D eigenvalue weighted by Gasteiger charge is 2.39. The predicted molar refractivity (Wildman–Crippen MR) is 177 cm³/mol. The van der Waals surface area contributed by atoms with Gasteiger partial charge in [0, 0.05) is 47.4 Å². The molecule has 3 aromatic carbocycles. The molecule has 47 heavy (non-hydrogen) atoms. The summed E-state index contributed by atoms with van der Waals surface area (Å²) in [6.07, 6.45) is 1.67. The van der Waals surface area contributed by atoms with Crippen molar-refractivity contribution in [2.45, 2.75) is 64.1 Å². The fraction of sp³-hybridized carbons (Fsp3) is 0.333. The van der Waals surface area contributed by atoms with E-state index in [1.807, 2.05) is 18.2 Å². The number of nitrogens with one attached hydrogen (secondary N) is 3. The van der Waals surface area contributed by atoms with Gasteiger partial charge in [-0.15, -0.1) is 0 Å². The van der Waals surface area contributed by atoms with Crippen molar-refractivity contribution in [3.8, 4) is 11.3 Å². The molecular formula is C36H38FN5O5. The summed E-state index contributed by atoms with van der Waals surface area (Å²) in [7, 11) is 0. The number of benzene rings is 3. The Balaban J connectivity index is 1.18. The normalized spacial score (nSPS) is 17.2. The van der Waals surface area contributed by atoms with Crippen molar-refractivity contribution in [2.24, 2.45) is 0 Å². The zero-order valence-electron chi connectivity index (χ0n) is 26.6. The molecule has 3 N–H and O–H groups in total. The van der Waals surface area contributed by atoms with Crippen LogP contribution in [0.1, 0.15) is 58.1 Å². The number of ether oxygens (including phenoxy) is 1. The zero-order chi connectivity index (χ0) is 33.3. The molecular weight excluding hydrogens is 601 g/mol. The molecule has 0 saturated carbocycles. The number of carbonyl (C=O) groups excluding carboxylic acids is 4. The van der Waals surface area contributed by atoms with Crippen LogP contribution in [0.3, 0.4) is 0 Å². The van der Waals surface area contributed by atoms with E-state index in [4.69, 9.17) is 4.74 Å². The largest absolute Gasteiger partial charge is 0.444 e. The number of nitrogens with zero attached hydrogens (tertiary/aromatic N) is 2. The maximum absolute atomic E-state index is 15.7. The van der Waals surface area contributed by atoms with Gasteiger partial charge in [0.2, 0.25) is 11.8 Å². The van der Waals surface area contributed by atoms with Gasteiger partial charge in [0.1, 0.15) is 17.7 Å². The molecule has 0 radical (unpaired) electrons. The number of amides is 4. The number of H-pyrrole nitrogens is 1. The molecule has 4 amide bonds. The molecule has 6 rings (SSSR count). The van der Waals surface area contributed by atoms with Crippen molar-refractivity contribution in [1.29, 1.82) is 0 Å². The van der Waals surface area contributed by atoms with Gasteiger partial charge in [-0.2, -0.15) is 0 Å². The Bertz CT molecular complexity index is 1820. The van der Waals surface area contributed by atoms with Gasteiger partial charge in [-0.05, 0) is 75.9 Å². The summed E-state index contributed by atoms with van der Waals surface area (Å²) in [5, 5.41) is 5.87. The number of aromatic amines is 1. The van der Waals surface area contributed by atoms with E-state index in [0.717, 1.165) is 12.1 Å². The molecule has 10 nitrogen and oxygen atoms in total. The fourth-order valence-electron chi connectivity index (χ4n) is 6.22. The third kappa shape index (κ3) is 6.84. The number of alkyl carbamates (subject to hydrolysis) is 1. The molecule has 2 aliphatic rings. The van der Waals surface area contributed by atoms with E-state index in [1.54, 1.807) is 80.3 Å². The first kappa shape index (κ1) is 31.8. The van der Waals surface area contributed by atoms with Crippen LogP contribution in [0.5, 0.6) is 0 Å². The van der Waals surface area contributed by atoms with Crippen LogP contribution in [-0.2, 0) is 19.1 Å². The zero-order valence-corrected chi connectivity index (χ0v) is 26.6. The highest BCUT2D eigenvalue weighted by molar-refractivity contribution is 6.01. The first-order valence-corrected chi connectivity index (χ1v) is 15.9. The van der Waals surface area contributed by atoms with E-state index in [2.05, 4.69) is 15.6 Å². The van der Waals surface area contributed by atoms with Crippen molar-refractivity contribution in [1.82, 2.24) is 15.2 Å². The molecule has 244 valence electrons.